The molecule has 1 atom stereocenters. The van der Waals surface area contributed by atoms with Crippen LogP contribution in [0, 0.1) is 0 Å². The van der Waals surface area contributed by atoms with Gasteiger partial charge in [-0.1, -0.05) is 6.42 Å². The summed E-state index contributed by atoms with van der Waals surface area (Å²) in [5, 5.41) is 6.65. The smallest absolute Gasteiger partial charge is 0.146 e. The van der Waals surface area contributed by atoms with E-state index in [0.29, 0.717) is 6.04 Å². The predicted molar refractivity (Wildman–Crippen MR) is 82.7 cm³/mol. The normalized spacial score (nSPS) is 20.3. The van der Waals surface area contributed by atoms with E-state index in [9.17, 15) is 0 Å². The number of anilines is 2. The van der Waals surface area contributed by atoms with Gasteiger partial charge in [0, 0.05) is 19.1 Å². The van der Waals surface area contributed by atoms with E-state index < -0.39 is 0 Å². The first-order chi connectivity index (χ1) is 9.22. The molecule has 6 heteroatoms. The molecule has 106 valence electrons. The highest BCUT2D eigenvalue weighted by atomic mass is 79.9. The lowest BCUT2D eigenvalue weighted by Crippen LogP contribution is -2.40. The monoisotopic (exact) mass is 327 g/mol. The van der Waals surface area contributed by atoms with E-state index in [0.717, 1.165) is 29.2 Å². The van der Waals surface area contributed by atoms with Gasteiger partial charge < -0.3 is 15.5 Å². The van der Waals surface area contributed by atoms with Crippen molar-refractivity contribution >= 4 is 27.6 Å². The number of halogens is 1. The molecule has 2 N–H and O–H groups in total. The third-order valence-corrected chi connectivity index (χ3v) is 4.31. The first kappa shape index (κ1) is 14.5. The highest BCUT2D eigenvalue weighted by Crippen LogP contribution is 2.26. The summed E-state index contributed by atoms with van der Waals surface area (Å²) in [5.41, 5.74) is 0. The number of hydrogen-bond donors (Lipinski definition) is 2. The van der Waals surface area contributed by atoms with Crippen molar-refractivity contribution in [1.29, 1.82) is 0 Å². The molecule has 1 aromatic heterocycles. The van der Waals surface area contributed by atoms with Crippen LogP contribution in [-0.2, 0) is 0 Å². The summed E-state index contributed by atoms with van der Waals surface area (Å²) in [7, 11) is 2.20. The summed E-state index contributed by atoms with van der Waals surface area (Å²) in [6.07, 6.45) is 5.49. The Morgan fingerprint density at radius 3 is 2.74 bits per heavy atom. The minimum absolute atomic E-state index is 0.596. The molecular formula is C13H22BrN5. The van der Waals surface area contributed by atoms with Gasteiger partial charge in [0.15, 0.2) is 0 Å². The molecule has 1 aliphatic rings. The summed E-state index contributed by atoms with van der Waals surface area (Å²) in [5.74, 6) is 1.71. The van der Waals surface area contributed by atoms with E-state index in [2.05, 4.69) is 55.4 Å². The molecule has 1 fully saturated rings. The zero-order chi connectivity index (χ0) is 13.7. The molecule has 1 aliphatic heterocycles. The van der Waals surface area contributed by atoms with Crippen molar-refractivity contribution in [2.24, 2.45) is 0 Å². The van der Waals surface area contributed by atoms with Crippen molar-refractivity contribution in [3.8, 4) is 0 Å². The Kier molecular flexibility index (Phi) is 5.39. The summed E-state index contributed by atoms with van der Waals surface area (Å²) in [6, 6.07) is 0.596. The Balaban J connectivity index is 1.97. The van der Waals surface area contributed by atoms with Gasteiger partial charge in [-0.15, -0.1) is 0 Å². The number of nitrogens with one attached hydrogen (secondary N) is 2. The predicted octanol–water partition coefficient (Wildman–Crippen LogP) is 2.57. The molecule has 0 aliphatic carbocycles. The third kappa shape index (κ3) is 3.79. The zero-order valence-corrected chi connectivity index (χ0v) is 13.2. The lowest BCUT2D eigenvalue weighted by atomic mass is 10.0. The second-order valence-electron chi connectivity index (χ2n) is 4.93. The van der Waals surface area contributed by atoms with E-state index in [4.69, 9.17) is 0 Å². The van der Waals surface area contributed by atoms with E-state index in [1.165, 1.54) is 25.8 Å². The van der Waals surface area contributed by atoms with Gasteiger partial charge in [0.1, 0.15) is 22.4 Å². The van der Waals surface area contributed by atoms with Crippen molar-refractivity contribution < 1.29 is 0 Å². The molecule has 0 radical (unpaired) electrons. The van der Waals surface area contributed by atoms with Crippen molar-refractivity contribution in [3.63, 3.8) is 0 Å². The fourth-order valence-corrected chi connectivity index (χ4v) is 2.89. The molecule has 0 amide bonds. The highest BCUT2D eigenvalue weighted by molar-refractivity contribution is 9.10. The SMILES string of the molecule is CCNc1ncnc(NCC2CCCCN2C)c1Br. The van der Waals surface area contributed by atoms with Crippen LogP contribution in [0.4, 0.5) is 11.6 Å². The number of aromatic nitrogens is 2. The van der Waals surface area contributed by atoms with Crippen LogP contribution in [0.3, 0.4) is 0 Å². The minimum Gasteiger partial charge on any atom is -0.369 e. The summed E-state index contributed by atoms with van der Waals surface area (Å²) in [6.45, 7) is 5.02. The van der Waals surface area contributed by atoms with Gasteiger partial charge in [0.25, 0.3) is 0 Å². The van der Waals surface area contributed by atoms with Crippen LogP contribution >= 0.6 is 15.9 Å². The zero-order valence-electron chi connectivity index (χ0n) is 11.6. The van der Waals surface area contributed by atoms with Crippen molar-refractivity contribution in [2.45, 2.75) is 32.2 Å². The summed E-state index contributed by atoms with van der Waals surface area (Å²) >= 11 is 3.56. The molecule has 0 spiro atoms. The number of piperidine rings is 1. The van der Waals surface area contributed by atoms with Crippen LogP contribution in [-0.4, -0.2) is 47.6 Å². The fourth-order valence-electron chi connectivity index (χ4n) is 2.40. The van der Waals surface area contributed by atoms with Gasteiger partial charge in [-0.3, -0.25) is 0 Å². The van der Waals surface area contributed by atoms with Crippen molar-refractivity contribution in [2.75, 3.05) is 37.3 Å². The Morgan fingerprint density at radius 2 is 2.05 bits per heavy atom. The standard InChI is InChI=1S/C13H22BrN5/c1-3-15-12-11(14)13(18-9-17-12)16-8-10-6-4-5-7-19(10)2/h9-10H,3-8H2,1-2H3,(H2,15,16,17,18). The molecule has 19 heavy (non-hydrogen) atoms. The Bertz CT molecular complexity index is 412. The maximum atomic E-state index is 4.30. The number of nitrogens with zero attached hydrogens (tertiary/aromatic N) is 3. The van der Waals surface area contributed by atoms with Crippen LogP contribution in [0.15, 0.2) is 10.8 Å². The van der Waals surface area contributed by atoms with Gasteiger partial charge in [-0.05, 0) is 49.3 Å². The minimum atomic E-state index is 0.596. The second kappa shape index (κ2) is 7.05. The average molecular weight is 328 g/mol. The maximum Gasteiger partial charge on any atom is 0.146 e. The average Bonchev–Trinajstić information content (AvgIpc) is 2.42. The number of likely N-dealkylation sites (tertiary alicyclic amines) is 1. The summed E-state index contributed by atoms with van der Waals surface area (Å²) in [4.78, 5) is 10.9. The largest absolute Gasteiger partial charge is 0.369 e. The number of likely N-dealkylation sites (N-methyl/N-ethyl adjacent to an activating group) is 1. The van der Waals surface area contributed by atoms with Gasteiger partial charge in [-0.25, -0.2) is 9.97 Å². The van der Waals surface area contributed by atoms with E-state index in [-0.39, 0.29) is 0 Å². The molecule has 1 unspecified atom stereocenters. The Morgan fingerprint density at radius 1 is 1.32 bits per heavy atom. The molecule has 2 rings (SSSR count). The van der Waals surface area contributed by atoms with Gasteiger partial charge >= 0.3 is 0 Å². The van der Waals surface area contributed by atoms with Gasteiger partial charge in [-0.2, -0.15) is 0 Å². The van der Waals surface area contributed by atoms with Crippen molar-refractivity contribution in [1.82, 2.24) is 14.9 Å². The maximum absolute atomic E-state index is 4.30. The molecule has 2 heterocycles. The highest BCUT2D eigenvalue weighted by Gasteiger charge is 2.19. The quantitative estimate of drug-likeness (QED) is 0.870. The first-order valence-electron chi connectivity index (χ1n) is 6.90. The summed E-state index contributed by atoms with van der Waals surface area (Å²) < 4.78 is 0.912. The lowest BCUT2D eigenvalue weighted by molar-refractivity contribution is 0.194. The molecular weight excluding hydrogens is 306 g/mol. The topological polar surface area (TPSA) is 53.1 Å². The third-order valence-electron chi connectivity index (χ3n) is 3.56. The van der Waals surface area contributed by atoms with E-state index >= 15 is 0 Å². The molecule has 0 bridgehead atoms. The van der Waals surface area contributed by atoms with Crippen LogP contribution in [0.5, 0.6) is 0 Å². The van der Waals surface area contributed by atoms with Crippen LogP contribution in [0.1, 0.15) is 26.2 Å². The Hall–Kier alpha value is -0.880. The van der Waals surface area contributed by atoms with Gasteiger partial charge in [0.05, 0.1) is 0 Å². The Labute approximate surface area is 123 Å². The fraction of sp³-hybridized carbons (Fsp3) is 0.692. The first-order valence-corrected chi connectivity index (χ1v) is 7.70. The molecule has 0 aromatic carbocycles. The number of rotatable bonds is 5. The van der Waals surface area contributed by atoms with Crippen LogP contribution in [0.2, 0.25) is 0 Å². The van der Waals surface area contributed by atoms with E-state index in [1.54, 1.807) is 6.33 Å². The molecule has 1 aromatic rings. The van der Waals surface area contributed by atoms with Crippen molar-refractivity contribution in [3.05, 3.63) is 10.8 Å². The molecule has 5 nitrogen and oxygen atoms in total. The second-order valence-corrected chi connectivity index (χ2v) is 5.72. The molecule has 0 saturated carbocycles. The molecule has 1 saturated heterocycles. The van der Waals surface area contributed by atoms with Crippen LogP contribution in [0.25, 0.3) is 0 Å². The van der Waals surface area contributed by atoms with Gasteiger partial charge in [0.2, 0.25) is 0 Å². The van der Waals surface area contributed by atoms with Crippen LogP contribution < -0.4 is 10.6 Å². The number of hydrogen-bond acceptors (Lipinski definition) is 5. The lowest BCUT2D eigenvalue weighted by Gasteiger charge is -2.32. The van der Waals surface area contributed by atoms with E-state index in [1.807, 2.05) is 0 Å².